The monoisotopic (exact) mass is 398 g/mol. The molecule has 0 amide bonds. The SMILES string of the molecule is COc1cccc(-c2noc(Cn3cnc4ccc(Cl)cc4c3=O)n2)c1OC. The number of benzene rings is 2. The third kappa shape index (κ3) is 3.18. The van der Waals surface area contributed by atoms with Gasteiger partial charge in [-0.1, -0.05) is 22.8 Å². The Kier molecular flexibility index (Phi) is 4.70. The maximum Gasteiger partial charge on any atom is 0.261 e. The van der Waals surface area contributed by atoms with Crippen LogP contribution < -0.4 is 15.0 Å². The zero-order valence-electron chi connectivity index (χ0n) is 15.0. The van der Waals surface area contributed by atoms with Crippen LogP contribution in [0, 0.1) is 0 Å². The average molecular weight is 399 g/mol. The lowest BCUT2D eigenvalue weighted by Crippen LogP contribution is -2.21. The number of hydrogen-bond donors (Lipinski definition) is 0. The Morgan fingerprint density at radius 3 is 2.82 bits per heavy atom. The van der Waals surface area contributed by atoms with Crippen LogP contribution in [0.3, 0.4) is 0 Å². The summed E-state index contributed by atoms with van der Waals surface area (Å²) < 4.78 is 17.4. The van der Waals surface area contributed by atoms with E-state index in [4.69, 9.17) is 25.6 Å². The van der Waals surface area contributed by atoms with Crippen LogP contribution in [-0.4, -0.2) is 33.9 Å². The molecule has 0 aliphatic rings. The number of hydrogen-bond acceptors (Lipinski definition) is 7. The second-order valence-electron chi connectivity index (χ2n) is 5.89. The molecular weight excluding hydrogens is 384 g/mol. The summed E-state index contributed by atoms with van der Waals surface area (Å²) in [7, 11) is 3.09. The Balaban J connectivity index is 1.69. The van der Waals surface area contributed by atoms with Crippen LogP contribution in [-0.2, 0) is 6.54 Å². The van der Waals surface area contributed by atoms with Crippen LogP contribution in [0.2, 0.25) is 5.02 Å². The molecule has 0 saturated carbocycles. The third-order valence-electron chi connectivity index (χ3n) is 4.20. The summed E-state index contributed by atoms with van der Waals surface area (Å²) in [4.78, 5) is 21.3. The van der Waals surface area contributed by atoms with Gasteiger partial charge in [0, 0.05) is 5.02 Å². The number of fused-ring (bicyclic) bond motifs is 1. The van der Waals surface area contributed by atoms with Gasteiger partial charge in [0.2, 0.25) is 11.7 Å². The second kappa shape index (κ2) is 7.32. The molecule has 2 aromatic carbocycles. The van der Waals surface area contributed by atoms with Crippen molar-refractivity contribution in [3.8, 4) is 22.9 Å². The Bertz CT molecular complexity index is 1220. The normalized spacial score (nSPS) is 11.0. The second-order valence-corrected chi connectivity index (χ2v) is 6.33. The first-order chi connectivity index (χ1) is 13.6. The van der Waals surface area contributed by atoms with Crippen LogP contribution in [0.5, 0.6) is 11.5 Å². The van der Waals surface area contributed by atoms with Gasteiger partial charge in [0.25, 0.3) is 5.56 Å². The van der Waals surface area contributed by atoms with Crippen molar-refractivity contribution < 1.29 is 14.0 Å². The molecular formula is C19H15ClN4O4. The van der Waals surface area contributed by atoms with Crippen LogP contribution in [0.1, 0.15) is 5.89 Å². The number of nitrogens with zero attached hydrogens (tertiary/aromatic N) is 4. The van der Waals surface area contributed by atoms with Crippen molar-refractivity contribution in [3.63, 3.8) is 0 Å². The lowest BCUT2D eigenvalue weighted by atomic mass is 10.1. The largest absolute Gasteiger partial charge is 0.493 e. The van der Waals surface area contributed by atoms with E-state index in [-0.39, 0.29) is 18.0 Å². The molecule has 0 aliphatic heterocycles. The predicted octanol–water partition coefficient (Wildman–Crippen LogP) is 3.17. The molecule has 0 radical (unpaired) electrons. The van der Waals surface area contributed by atoms with Gasteiger partial charge in [0.05, 0.1) is 37.0 Å². The number of aromatic nitrogens is 4. The molecule has 2 heterocycles. The quantitative estimate of drug-likeness (QED) is 0.509. The molecule has 4 aromatic rings. The molecule has 0 spiro atoms. The fraction of sp³-hybridized carbons (Fsp3) is 0.158. The maximum atomic E-state index is 12.7. The Hall–Kier alpha value is -3.39. The average Bonchev–Trinajstić information content (AvgIpc) is 3.18. The number of para-hydroxylation sites is 1. The Labute approximate surface area is 164 Å². The van der Waals surface area contributed by atoms with Crippen LogP contribution in [0.4, 0.5) is 0 Å². The minimum absolute atomic E-state index is 0.0770. The van der Waals surface area contributed by atoms with E-state index in [1.165, 1.54) is 18.0 Å². The summed E-state index contributed by atoms with van der Waals surface area (Å²) in [6.45, 7) is 0.0770. The topological polar surface area (TPSA) is 92.3 Å². The van der Waals surface area contributed by atoms with Crippen LogP contribution in [0.15, 0.2) is 52.0 Å². The van der Waals surface area contributed by atoms with Gasteiger partial charge >= 0.3 is 0 Å². The van der Waals surface area contributed by atoms with Crippen molar-refractivity contribution in [1.82, 2.24) is 19.7 Å². The van der Waals surface area contributed by atoms with Crippen molar-refractivity contribution in [2.24, 2.45) is 0 Å². The zero-order chi connectivity index (χ0) is 19.7. The highest BCUT2D eigenvalue weighted by atomic mass is 35.5. The fourth-order valence-corrected chi connectivity index (χ4v) is 3.05. The molecule has 0 fully saturated rings. The van der Waals surface area contributed by atoms with E-state index < -0.39 is 0 Å². The van der Waals surface area contributed by atoms with Gasteiger partial charge in [-0.2, -0.15) is 4.98 Å². The molecule has 2 aromatic heterocycles. The first kappa shape index (κ1) is 18.0. The summed E-state index contributed by atoms with van der Waals surface area (Å²) in [5.41, 5.74) is 0.941. The Morgan fingerprint density at radius 1 is 1.18 bits per heavy atom. The molecule has 0 saturated heterocycles. The molecule has 9 heteroatoms. The van der Waals surface area contributed by atoms with Crippen molar-refractivity contribution in [1.29, 1.82) is 0 Å². The number of rotatable bonds is 5. The molecule has 8 nitrogen and oxygen atoms in total. The summed E-state index contributed by atoms with van der Waals surface area (Å²) in [6.07, 6.45) is 1.44. The van der Waals surface area contributed by atoms with E-state index in [1.54, 1.807) is 43.5 Å². The van der Waals surface area contributed by atoms with E-state index in [1.807, 2.05) is 0 Å². The highest BCUT2D eigenvalue weighted by molar-refractivity contribution is 6.31. The Morgan fingerprint density at radius 2 is 2.04 bits per heavy atom. The first-order valence-electron chi connectivity index (χ1n) is 8.29. The van der Waals surface area contributed by atoms with Crippen LogP contribution >= 0.6 is 11.6 Å². The van der Waals surface area contributed by atoms with E-state index in [0.717, 1.165) is 0 Å². The van der Waals surface area contributed by atoms with E-state index in [2.05, 4.69) is 15.1 Å². The smallest absolute Gasteiger partial charge is 0.261 e. The standard InChI is InChI=1S/C19H15ClN4O4/c1-26-15-5-3-4-12(17(15)27-2)18-22-16(28-23-18)9-24-10-21-14-7-6-11(20)8-13(14)19(24)25/h3-8,10H,9H2,1-2H3. The van der Waals surface area contributed by atoms with Crippen molar-refractivity contribution in [2.45, 2.75) is 6.54 Å². The molecule has 0 N–H and O–H groups in total. The lowest BCUT2D eigenvalue weighted by molar-refractivity contribution is 0.354. The van der Waals surface area contributed by atoms with Crippen LogP contribution in [0.25, 0.3) is 22.3 Å². The molecule has 0 unspecified atom stereocenters. The molecule has 0 aliphatic carbocycles. The van der Waals surface area contributed by atoms with Gasteiger partial charge in [0.15, 0.2) is 11.5 Å². The fourth-order valence-electron chi connectivity index (χ4n) is 2.88. The molecule has 142 valence electrons. The first-order valence-corrected chi connectivity index (χ1v) is 8.67. The maximum absolute atomic E-state index is 12.7. The van der Waals surface area contributed by atoms with Crippen molar-refractivity contribution in [2.75, 3.05) is 14.2 Å². The molecule has 0 atom stereocenters. The number of methoxy groups -OCH3 is 2. The third-order valence-corrected chi connectivity index (χ3v) is 4.44. The van der Waals surface area contributed by atoms with Gasteiger partial charge in [-0.05, 0) is 30.3 Å². The molecule has 0 bridgehead atoms. The van der Waals surface area contributed by atoms with Gasteiger partial charge < -0.3 is 14.0 Å². The molecule has 4 rings (SSSR count). The summed E-state index contributed by atoms with van der Waals surface area (Å²) in [5.74, 6) is 1.63. The minimum atomic E-state index is -0.244. The number of halogens is 1. The van der Waals surface area contributed by atoms with Crippen molar-refractivity contribution in [3.05, 3.63) is 64.0 Å². The van der Waals surface area contributed by atoms with Gasteiger partial charge in [0.1, 0.15) is 6.54 Å². The lowest BCUT2D eigenvalue weighted by Gasteiger charge is -2.09. The van der Waals surface area contributed by atoms with E-state index in [0.29, 0.717) is 38.8 Å². The van der Waals surface area contributed by atoms with Gasteiger partial charge in [-0.15, -0.1) is 0 Å². The summed E-state index contributed by atoms with van der Waals surface area (Å²) in [6, 6.07) is 10.3. The van der Waals surface area contributed by atoms with Gasteiger partial charge in [-0.25, -0.2) is 4.98 Å². The van der Waals surface area contributed by atoms with Crippen molar-refractivity contribution >= 4 is 22.5 Å². The highest BCUT2D eigenvalue weighted by Crippen LogP contribution is 2.36. The zero-order valence-corrected chi connectivity index (χ0v) is 15.8. The highest BCUT2D eigenvalue weighted by Gasteiger charge is 2.17. The van der Waals surface area contributed by atoms with E-state index in [9.17, 15) is 4.79 Å². The summed E-state index contributed by atoms with van der Waals surface area (Å²) >= 11 is 5.99. The number of ether oxygens (including phenoxy) is 2. The molecule has 28 heavy (non-hydrogen) atoms. The minimum Gasteiger partial charge on any atom is -0.493 e. The van der Waals surface area contributed by atoms with Gasteiger partial charge in [-0.3, -0.25) is 9.36 Å². The summed E-state index contributed by atoms with van der Waals surface area (Å²) in [5, 5.41) is 4.88. The van der Waals surface area contributed by atoms with E-state index >= 15 is 0 Å². The predicted molar refractivity (Wildman–Crippen MR) is 103 cm³/mol.